The number of amides is 1. The zero-order valence-electron chi connectivity index (χ0n) is 18.0. The molecule has 3 aromatic carbocycles. The molecule has 0 radical (unpaired) electrons. The van der Waals surface area contributed by atoms with E-state index in [0.717, 1.165) is 11.1 Å². The molecule has 1 aliphatic heterocycles. The Morgan fingerprint density at radius 3 is 2.16 bits per heavy atom. The standard InChI is InChI=1S/C26H23NO5/c1-15-4-9-19(14-16(15)2)27-23(17-5-10-20(28)11-6-17)22(25(30)26(27)31)24(29)18-7-12-21(32-3)13-8-18/h4-14,23,28-29H,1-3H3/b24-22+. The number of ether oxygens (including phenoxy) is 1. The SMILES string of the molecule is COc1ccc(/C(O)=C2\C(=O)C(=O)N(c3ccc(C)c(C)c3)C2c2ccc(O)cc2)cc1. The van der Waals surface area contributed by atoms with Gasteiger partial charge in [-0.15, -0.1) is 0 Å². The fraction of sp³-hybridized carbons (Fsp3) is 0.154. The second-order valence-corrected chi connectivity index (χ2v) is 7.76. The summed E-state index contributed by atoms with van der Waals surface area (Å²) < 4.78 is 5.16. The third-order valence-corrected chi connectivity index (χ3v) is 5.79. The van der Waals surface area contributed by atoms with Crippen LogP contribution in [0.3, 0.4) is 0 Å². The van der Waals surface area contributed by atoms with Crippen LogP contribution in [0.4, 0.5) is 5.69 Å². The summed E-state index contributed by atoms with van der Waals surface area (Å²) in [4.78, 5) is 27.7. The fourth-order valence-electron chi connectivity index (χ4n) is 3.85. The number of ketones is 1. The van der Waals surface area contributed by atoms with E-state index in [9.17, 15) is 19.8 Å². The van der Waals surface area contributed by atoms with Crippen LogP contribution in [0, 0.1) is 13.8 Å². The van der Waals surface area contributed by atoms with Gasteiger partial charge in [0.25, 0.3) is 11.7 Å². The van der Waals surface area contributed by atoms with Crippen molar-refractivity contribution in [1.29, 1.82) is 0 Å². The van der Waals surface area contributed by atoms with Gasteiger partial charge in [-0.2, -0.15) is 0 Å². The number of aryl methyl sites for hydroxylation is 2. The van der Waals surface area contributed by atoms with Gasteiger partial charge in [-0.25, -0.2) is 0 Å². The quantitative estimate of drug-likeness (QED) is 0.358. The van der Waals surface area contributed by atoms with Crippen LogP contribution in [0.5, 0.6) is 11.5 Å². The van der Waals surface area contributed by atoms with Crippen molar-refractivity contribution in [3.63, 3.8) is 0 Å². The highest BCUT2D eigenvalue weighted by atomic mass is 16.5. The van der Waals surface area contributed by atoms with Crippen molar-refractivity contribution in [3.8, 4) is 11.5 Å². The number of anilines is 1. The summed E-state index contributed by atoms with van der Waals surface area (Å²) in [6, 6.07) is 17.5. The second kappa shape index (κ2) is 8.23. The van der Waals surface area contributed by atoms with Crippen molar-refractivity contribution in [3.05, 3.63) is 94.6 Å². The average Bonchev–Trinajstić information content (AvgIpc) is 3.06. The van der Waals surface area contributed by atoms with Gasteiger partial charge >= 0.3 is 0 Å². The lowest BCUT2D eigenvalue weighted by Gasteiger charge is -2.26. The van der Waals surface area contributed by atoms with Gasteiger partial charge in [0.2, 0.25) is 0 Å². The number of rotatable bonds is 4. The first-order chi connectivity index (χ1) is 15.3. The highest BCUT2D eigenvalue weighted by Crippen LogP contribution is 2.42. The van der Waals surface area contributed by atoms with Crippen molar-refractivity contribution >= 4 is 23.1 Å². The number of Topliss-reactive ketones (excluding diaryl/α,β-unsaturated/α-hetero) is 1. The number of carbonyl (C=O) groups is 2. The first-order valence-electron chi connectivity index (χ1n) is 10.1. The van der Waals surface area contributed by atoms with Crippen molar-refractivity contribution in [2.45, 2.75) is 19.9 Å². The van der Waals surface area contributed by atoms with Gasteiger partial charge in [0.05, 0.1) is 18.7 Å². The Balaban J connectivity index is 1.92. The number of phenolic OH excluding ortho intramolecular Hbond substituents is 1. The van der Waals surface area contributed by atoms with E-state index in [1.54, 1.807) is 42.5 Å². The third kappa shape index (κ3) is 3.60. The smallest absolute Gasteiger partial charge is 0.300 e. The molecule has 1 heterocycles. The van der Waals surface area contributed by atoms with Gasteiger partial charge in [0.1, 0.15) is 17.3 Å². The molecule has 6 heteroatoms. The van der Waals surface area contributed by atoms with Gasteiger partial charge in [-0.3, -0.25) is 14.5 Å². The van der Waals surface area contributed by atoms with Crippen molar-refractivity contribution in [1.82, 2.24) is 0 Å². The Kier molecular flexibility index (Phi) is 5.45. The number of benzene rings is 3. The predicted molar refractivity (Wildman–Crippen MR) is 122 cm³/mol. The largest absolute Gasteiger partial charge is 0.508 e. The summed E-state index contributed by atoms with van der Waals surface area (Å²) >= 11 is 0. The number of hydrogen-bond donors (Lipinski definition) is 2. The summed E-state index contributed by atoms with van der Waals surface area (Å²) in [6.07, 6.45) is 0. The lowest BCUT2D eigenvalue weighted by molar-refractivity contribution is -0.132. The zero-order chi connectivity index (χ0) is 23.0. The van der Waals surface area contributed by atoms with Crippen LogP contribution in [0.15, 0.2) is 72.3 Å². The van der Waals surface area contributed by atoms with Gasteiger partial charge in [0.15, 0.2) is 0 Å². The number of aromatic hydroxyl groups is 1. The number of carbonyl (C=O) groups excluding carboxylic acids is 2. The van der Waals surface area contributed by atoms with Crippen molar-refractivity contribution in [2.24, 2.45) is 0 Å². The molecule has 1 unspecified atom stereocenters. The van der Waals surface area contributed by atoms with Crippen LogP contribution in [-0.4, -0.2) is 29.0 Å². The molecule has 32 heavy (non-hydrogen) atoms. The first-order valence-corrected chi connectivity index (χ1v) is 10.1. The minimum Gasteiger partial charge on any atom is -0.508 e. The van der Waals surface area contributed by atoms with E-state index in [2.05, 4.69) is 0 Å². The maximum Gasteiger partial charge on any atom is 0.300 e. The molecule has 162 valence electrons. The number of aliphatic hydroxyl groups excluding tert-OH is 1. The van der Waals surface area contributed by atoms with E-state index in [-0.39, 0.29) is 17.1 Å². The first kappa shape index (κ1) is 21.2. The van der Waals surface area contributed by atoms with Gasteiger partial charge < -0.3 is 14.9 Å². The molecule has 0 saturated carbocycles. The highest BCUT2D eigenvalue weighted by Gasteiger charge is 2.47. The predicted octanol–water partition coefficient (Wildman–Crippen LogP) is 4.64. The lowest BCUT2D eigenvalue weighted by atomic mass is 9.95. The third-order valence-electron chi connectivity index (χ3n) is 5.79. The minimum absolute atomic E-state index is 0.0101. The van der Waals surface area contributed by atoms with Crippen LogP contribution >= 0.6 is 0 Å². The van der Waals surface area contributed by atoms with Crippen LogP contribution in [0.2, 0.25) is 0 Å². The van der Waals surface area contributed by atoms with Gasteiger partial charge in [0, 0.05) is 11.3 Å². The number of methoxy groups -OCH3 is 1. The number of nitrogens with zero attached hydrogens (tertiary/aromatic N) is 1. The van der Waals surface area contributed by atoms with E-state index in [1.807, 2.05) is 26.0 Å². The number of hydrogen-bond acceptors (Lipinski definition) is 5. The summed E-state index contributed by atoms with van der Waals surface area (Å²) in [5.41, 5.74) is 3.57. The highest BCUT2D eigenvalue weighted by molar-refractivity contribution is 6.51. The van der Waals surface area contributed by atoms with Gasteiger partial charge in [-0.05, 0) is 79.1 Å². The molecule has 1 amide bonds. The Bertz CT molecular complexity index is 1230. The van der Waals surface area contributed by atoms with Crippen LogP contribution in [0.25, 0.3) is 5.76 Å². The molecule has 0 aromatic heterocycles. The lowest BCUT2D eigenvalue weighted by Crippen LogP contribution is -2.29. The second-order valence-electron chi connectivity index (χ2n) is 7.76. The molecular formula is C26H23NO5. The molecule has 1 fully saturated rings. The Morgan fingerprint density at radius 2 is 1.56 bits per heavy atom. The summed E-state index contributed by atoms with van der Waals surface area (Å²) in [5.74, 6) is -1.09. The summed E-state index contributed by atoms with van der Waals surface area (Å²) in [7, 11) is 1.54. The van der Waals surface area contributed by atoms with Crippen molar-refractivity contribution in [2.75, 3.05) is 12.0 Å². The van der Waals surface area contributed by atoms with Gasteiger partial charge in [-0.1, -0.05) is 18.2 Å². The fourth-order valence-corrected chi connectivity index (χ4v) is 3.85. The van der Waals surface area contributed by atoms with E-state index in [1.165, 1.54) is 24.1 Å². The monoisotopic (exact) mass is 429 g/mol. The average molecular weight is 429 g/mol. The molecule has 6 nitrogen and oxygen atoms in total. The van der Waals surface area contributed by atoms with E-state index in [4.69, 9.17) is 4.74 Å². The maximum atomic E-state index is 13.2. The molecule has 3 aromatic rings. The summed E-state index contributed by atoms with van der Waals surface area (Å²) in [5, 5.41) is 20.8. The molecule has 1 saturated heterocycles. The minimum atomic E-state index is -0.847. The van der Waals surface area contributed by atoms with E-state index < -0.39 is 17.7 Å². The molecule has 0 bridgehead atoms. The number of aliphatic hydroxyl groups is 1. The molecular weight excluding hydrogens is 406 g/mol. The van der Waals surface area contributed by atoms with E-state index in [0.29, 0.717) is 22.6 Å². The Hall–Kier alpha value is -4.06. The van der Waals surface area contributed by atoms with Crippen molar-refractivity contribution < 1.29 is 24.5 Å². The van der Waals surface area contributed by atoms with Crippen LogP contribution in [0.1, 0.15) is 28.3 Å². The molecule has 1 aliphatic rings. The van der Waals surface area contributed by atoms with E-state index >= 15 is 0 Å². The van der Waals surface area contributed by atoms with Crippen LogP contribution in [-0.2, 0) is 9.59 Å². The normalized spacial score (nSPS) is 17.6. The molecule has 1 atom stereocenters. The molecule has 4 rings (SSSR count). The Morgan fingerprint density at radius 1 is 0.906 bits per heavy atom. The topological polar surface area (TPSA) is 87.1 Å². The summed E-state index contributed by atoms with van der Waals surface area (Å²) in [6.45, 7) is 3.90. The zero-order valence-corrected chi connectivity index (χ0v) is 18.0. The Labute approximate surface area is 186 Å². The molecule has 0 spiro atoms. The number of phenols is 1. The van der Waals surface area contributed by atoms with Crippen LogP contribution < -0.4 is 9.64 Å². The molecule has 0 aliphatic carbocycles. The maximum absolute atomic E-state index is 13.2. The molecule has 2 N–H and O–H groups in total.